The van der Waals surface area contributed by atoms with Gasteiger partial charge in [0.2, 0.25) is 5.91 Å². The van der Waals surface area contributed by atoms with Crippen molar-refractivity contribution in [2.75, 3.05) is 24.3 Å². The van der Waals surface area contributed by atoms with E-state index in [2.05, 4.69) is 0 Å². The van der Waals surface area contributed by atoms with Crippen molar-refractivity contribution in [3.63, 3.8) is 0 Å². The highest BCUT2D eigenvalue weighted by atomic mass is 32.2. The summed E-state index contributed by atoms with van der Waals surface area (Å²) in [6.45, 7) is 0. The van der Waals surface area contributed by atoms with E-state index in [1.165, 1.54) is 11.0 Å². The van der Waals surface area contributed by atoms with E-state index in [1.807, 2.05) is 0 Å². The Balaban J connectivity index is 1.97. The predicted octanol–water partition coefficient (Wildman–Crippen LogP) is 1.12. The topological polar surface area (TPSA) is 91.8 Å². The average Bonchev–Trinajstić information content (AvgIpc) is 2.84. The lowest BCUT2D eigenvalue weighted by Crippen LogP contribution is -2.38. The van der Waals surface area contributed by atoms with Crippen molar-refractivity contribution < 1.29 is 23.1 Å². The van der Waals surface area contributed by atoms with Gasteiger partial charge >= 0.3 is 5.97 Å². The van der Waals surface area contributed by atoms with Crippen molar-refractivity contribution in [1.82, 2.24) is 4.90 Å². The Morgan fingerprint density at radius 2 is 2.05 bits per heavy atom. The monoisotopic (exact) mass is 343 g/mol. The van der Waals surface area contributed by atoms with Gasteiger partial charge in [0, 0.05) is 18.0 Å². The van der Waals surface area contributed by atoms with Gasteiger partial charge in [-0.1, -0.05) is 12.1 Å². The first kappa shape index (κ1) is 16.8. The summed E-state index contributed by atoms with van der Waals surface area (Å²) in [7, 11) is -1.44. The number of carboxylic acid groups (broad SMARTS) is 1. The molecule has 1 aromatic carbocycles. The van der Waals surface area contributed by atoms with Gasteiger partial charge in [0.1, 0.15) is 0 Å². The molecule has 1 N–H and O–H groups in total. The number of carboxylic acids is 1. The molecule has 0 saturated carbocycles. The van der Waals surface area contributed by atoms with Crippen LogP contribution in [-0.4, -0.2) is 60.6 Å². The summed E-state index contributed by atoms with van der Waals surface area (Å²) in [4.78, 5) is 25.2. The largest absolute Gasteiger partial charge is 0.478 e. The molecule has 1 aromatic rings. The highest BCUT2D eigenvalue weighted by Crippen LogP contribution is 2.24. The van der Waals surface area contributed by atoms with Gasteiger partial charge in [0.05, 0.1) is 22.8 Å². The molecule has 1 unspecified atom stereocenters. The summed E-state index contributed by atoms with van der Waals surface area (Å²) in [5.74, 6) is -1.04. The normalized spacial score (nSPS) is 19.8. The molecular weight excluding hydrogens is 326 g/mol. The Morgan fingerprint density at radius 1 is 1.36 bits per heavy atom. The average molecular weight is 343 g/mol. The van der Waals surface area contributed by atoms with E-state index in [4.69, 9.17) is 5.11 Å². The van der Waals surface area contributed by atoms with Gasteiger partial charge in [0.15, 0.2) is 9.84 Å². The van der Waals surface area contributed by atoms with Crippen LogP contribution in [0.3, 0.4) is 0 Å². The molecule has 0 spiro atoms. The van der Waals surface area contributed by atoms with Gasteiger partial charge in [-0.3, -0.25) is 4.79 Å². The molecule has 1 aliphatic rings. The molecule has 0 radical (unpaired) electrons. The molecule has 1 fully saturated rings. The van der Waals surface area contributed by atoms with Crippen LogP contribution in [0.1, 0.15) is 16.8 Å². The minimum absolute atomic E-state index is 0.00557. The molecule has 1 heterocycles. The molecule has 8 heteroatoms. The number of carbonyl (C=O) groups excluding carboxylic acids is 1. The third kappa shape index (κ3) is 4.01. The number of hydrogen-bond donors (Lipinski definition) is 1. The molecule has 6 nitrogen and oxygen atoms in total. The van der Waals surface area contributed by atoms with Gasteiger partial charge < -0.3 is 10.0 Å². The van der Waals surface area contributed by atoms with E-state index in [-0.39, 0.29) is 34.8 Å². The summed E-state index contributed by atoms with van der Waals surface area (Å²) >= 11 is 1.15. The lowest BCUT2D eigenvalue weighted by molar-refractivity contribution is -0.128. The Labute approximate surface area is 133 Å². The SMILES string of the molecule is CN(C(=O)CSc1ccccc1C(=O)O)C1CCS(=O)(=O)C1. The molecule has 0 aromatic heterocycles. The number of rotatable bonds is 5. The molecular formula is C14H17NO5S2. The molecule has 22 heavy (non-hydrogen) atoms. The summed E-state index contributed by atoms with van der Waals surface area (Å²) in [6.07, 6.45) is 0.459. The van der Waals surface area contributed by atoms with Crippen LogP contribution in [0, 0.1) is 0 Å². The Bertz CT molecular complexity index is 686. The fourth-order valence-electron chi connectivity index (χ4n) is 2.29. The first-order valence-corrected chi connectivity index (χ1v) is 9.52. The summed E-state index contributed by atoms with van der Waals surface area (Å²) < 4.78 is 22.9. The highest BCUT2D eigenvalue weighted by Gasteiger charge is 2.32. The van der Waals surface area contributed by atoms with Gasteiger partial charge in [-0.2, -0.15) is 0 Å². The molecule has 1 amide bonds. The zero-order valence-electron chi connectivity index (χ0n) is 12.1. The van der Waals surface area contributed by atoms with Crippen LogP contribution < -0.4 is 0 Å². The lowest BCUT2D eigenvalue weighted by Gasteiger charge is -2.23. The zero-order valence-corrected chi connectivity index (χ0v) is 13.7. The quantitative estimate of drug-likeness (QED) is 0.806. The zero-order chi connectivity index (χ0) is 16.3. The third-order valence-electron chi connectivity index (χ3n) is 3.62. The number of amides is 1. The van der Waals surface area contributed by atoms with Gasteiger partial charge in [-0.05, 0) is 18.6 Å². The van der Waals surface area contributed by atoms with Crippen LogP contribution in [-0.2, 0) is 14.6 Å². The lowest BCUT2D eigenvalue weighted by atomic mass is 10.2. The standard InChI is InChI=1S/C14H17NO5S2/c1-15(10-6-7-22(19,20)9-10)13(16)8-21-12-5-3-2-4-11(12)14(17)18/h2-5,10H,6-9H2,1H3,(H,17,18). The number of benzene rings is 1. The maximum atomic E-state index is 12.2. The summed E-state index contributed by atoms with van der Waals surface area (Å²) in [5, 5.41) is 9.09. The Hall–Kier alpha value is -1.54. The fraction of sp³-hybridized carbons (Fsp3) is 0.429. The van der Waals surface area contributed by atoms with Crippen LogP contribution in [0.25, 0.3) is 0 Å². The number of nitrogens with zero attached hydrogens (tertiary/aromatic N) is 1. The van der Waals surface area contributed by atoms with E-state index >= 15 is 0 Å². The van der Waals surface area contributed by atoms with Crippen LogP contribution in [0.5, 0.6) is 0 Å². The van der Waals surface area contributed by atoms with Crippen LogP contribution in [0.15, 0.2) is 29.2 Å². The van der Waals surface area contributed by atoms with E-state index in [9.17, 15) is 18.0 Å². The molecule has 1 saturated heterocycles. The smallest absolute Gasteiger partial charge is 0.336 e. The molecule has 120 valence electrons. The van der Waals surface area contributed by atoms with Crippen LogP contribution in [0.4, 0.5) is 0 Å². The second-order valence-corrected chi connectivity index (χ2v) is 8.40. The number of aromatic carboxylic acids is 1. The van der Waals surface area contributed by atoms with Crippen molar-refractivity contribution >= 4 is 33.5 Å². The van der Waals surface area contributed by atoms with Gasteiger partial charge in [-0.15, -0.1) is 11.8 Å². The second kappa shape index (κ2) is 6.70. The first-order chi connectivity index (χ1) is 10.3. The molecule has 1 atom stereocenters. The number of carbonyl (C=O) groups is 2. The molecule has 1 aliphatic heterocycles. The third-order valence-corrected chi connectivity index (χ3v) is 6.43. The summed E-state index contributed by atoms with van der Waals surface area (Å²) in [6, 6.07) is 6.20. The van der Waals surface area contributed by atoms with Gasteiger partial charge in [0.25, 0.3) is 0 Å². The highest BCUT2D eigenvalue weighted by molar-refractivity contribution is 8.00. The van der Waals surface area contributed by atoms with Gasteiger partial charge in [-0.25, -0.2) is 13.2 Å². The Morgan fingerprint density at radius 3 is 2.64 bits per heavy atom. The van der Waals surface area contributed by atoms with E-state index in [0.717, 1.165) is 11.8 Å². The molecule has 2 rings (SSSR count). The maximum Gasteiger partial charge on any atom is 0.336 e. The van der Waals surface area contributed by atoms with Crippen molar-refractivity contribution in [3.05, 3.63) is 29.8 Å². The minimum atomic E-state index is -3.04. The van der Waals surface area contributed by atoms with E-state index in [1.54, 1.807) is 25.2 Å². The van der Waals surface area contributed by atoms with Crippen LogP contribution >= 0.6 is 11.8 Å². The van der Waals surface area contributed by atoms with Crippen molar-refractivity contribution in [1.29, 1.82) is 0 Å². The van der Waals surface area contributed by atoms with Crippen molar-refractivity contribution in [3.8, 4) is 0 Å². The van der Waals surface area contributed by atoms with E-state index in [0.29, 0.717) is 11.3 Å². The van der Waals surface area contributed by atoms with Crippen molar-refractivity contribution in [2.24, 2.45) is 0 Å². The number of hydrogen-bond acceptors (Lipinski definition) is 5. The summed E-state index contributed by atoms with van der Waals surface area (Å²) in [5.41, 5.74) is 0.159. The number of sulfone groups is 1. The number of thioether (sulfide) groups is 1. The predicted molar refractivity (Wildman–Crippen MR) is 84.0 cm³/mol. The minimum Gasteiger partial charge on any atom is -0.478 e. The molecule has 0 bridgehead atoms. The van der Waals surface area contributed by atoms with Crippen molar-refractivity contribution in [2.45, 2.75) is 17.4 Å². The van der Waals surface area contributed by atoms with E-state index < -0.39 is 15.8 Å². The first-order valence-electron chi connectivity index (χ1n) is 6.71. The maximum absolute atomic E-state index is 12.2. The fourth-order valence-corrected chi connectivity index (χ4v) is 5.04. The second-order valence-electron chi connectivity index (χ2n) is 5.15. The molecule has 0 aliphatic carbocycles. The van der Waals surface area contributed by atoms with Crippen LogP contribution in [0.2, 0.25) is 0 Å². The Kier molecular flexibility index (Phi) is 5.12.